The van der Waals surface area contributed by atoms with Gasteiger partial charge in [-0.2, -0.15) is 0 Å². The van der Waals surface area contributed by atoms with Gasteiger partial charge < -0.3 is 0 Å². The molecule has 2 aromatic rings. The van der Waals surface area contributed by atoms with E-state index in [2.05, 4.69) is 47.8 Å². The monoisotopic (exact) mass is 468 g/mol. The van der Waals surface area contributed by atoms with Crippen LogP contribution in [0.25, 0.3) is 0 Å². The molecule has 2 aromatic carbocycles. The average molecular weight is 471 g/mol. The maximum atomic E-state index is 13.3. The summed E-state index contributed by atoms with van der Waals surface area (Å²) < 4.78 is 15.6. The van der Waals surface area contributed by atoms with E-state index in [1.807, 2.05) is 19.1 Å². The van der Waals surface area contributed by atoms with Crippen LogP contribution in [0.5, 0.6) is 0 Å². The first kappa shape index (κ1) is 15.5. The van der Waals surface area contributed by atoms with Crippen molar-refractivity contribution in [3.63, 3.8) is 0 Å². The molecule has 0 nitrogen and oxygen atoms in total. The summed E-state index contributed by atoms with van der Waals surface area (Å²) in [4.78, 5) is 0. The van der Waals surface area contributed by atoms with Crippen molar-refractivity contribution < 1.29 is 4.39 Å². The standard InChI is InChI=1S/C14H9Br3ClF/c1-7-4-11(16)9(6-10(7)15)14(18)8-2-3-13(19)12(17)5-8/h2-6,14H,1H3. The van der Waals surface area contributed by atoms with Gasteiger partial charge in [0.15, 0.2) is 0 Å². The number of hydrogen-bond acceptors (Lipinski definition) is 0. The quantitative estimate of drug-likeness (QED) is 0.425. The minimum atomic E-state index is -0.344. The molecule has 0 heterocycles. The van der Waals surface area contributed by atoms with Crippen LogP contribution < -0.4 is 0 Å². The van der Waals surface area contributed by atoms with Gasteiger partial charge in [-0.3, -0.25) is 0 Å². The second kappa shape index (κ2) is 6.25. The molecule has 0 fully saturated rings. The lowest BCUT2D eigenvalue weighted by molar-refractivity contribution is 0.620. The van der Waals surface area contributed by atoms with Gasteiger partial charge >= 0.3 is 0 Å². The Morgan fingerprint density at radius 3 is 2.32 bits per heavy atom. The molecule has 5 heteroatoms. The van der Waals surface area contributed by atoms with Gasteiger partial charge in [0, 0.05) is 8.95 Å². The lowest BCUT2D eigenvalue weighted by Gasteiger charge is -2.14. The van der Waals surface area contributed by atoms with E-state index in [0.717, 1.165) is 25.6 Å². The van der Waals surface area contributed by atoms with E-state index in [-0.39, 0.29) is 11.2 Å². The van der Waals surface area contributed by atoms with Crippen LogP contribution in [0.3, 0.4) is 0 Å². The maximum absolute atomic E-state index is 13.3. The van der Waals surface area contributed by atoms with Gasteiger partial charge in [0.1, 0.15) is 5.82 Å². The Bertz CT molecular complexity index is 628. The van der Waals surface area contributed by atoms with Crippen LogP contribution in [0.1, 0.15) is 22.1 Å². The van der Waals surface area contributed by atoms with Gasteiger partial charge in [-0.05, 0) is 63.8 Å². The van der Waals surface area contributed by atoms with Crippen LogP contribution in [0, 0.1) is 12.7 Å². The number of rotatable bonds is 2. The summed E-state index contributed by atoms with van der Waals surface area (Å²) in [5.74, 6) is -0.295. The molecular weight excluding hydrogens is 462 g/mol. The van der Waals surface area contributed by atoms with E-state index in [4.69, 9.17) is 11.6 Å². The predicted octanol–water partition coefficient (Wildman–Crippen LogP) is 6.75. The minimum Gasteiger partial charge on any atom is -0.206 e. The lowest BCUT2D eigenvalue weighted by Crippen LogP contribution is -1.96. The largest absolute Gasteiger partial charge is 0.206 e. The van der Waals surface area contributed by atoms with Crippen LogP contribution >= 0.6 is 59.4 Å². The third-order valence-corrected chi connectivity index (χ3v) is 5.42. The SMILES string of the molecule is Cc1cc(Br)c(C(Cl)c2ccc(F)c(Br)c2)cc1Br. The summed E-state index contributed by atoms with van der Waals surface area (Å²) in [5, 5.41) is -0.344. The fourth-order valence-corrected chi connectivity index (χ4v) is 3.60. The number of alkyl halides is 1. The lowest BCUT2D eigenvalue weighted by atomic mass is 10.0. The van der Waals surface area contributed by atoms with E-state index in [9.17, 15) is 4.39 Å². The molecule has 0 radical (unpaired) electrons. The normalized spacial score (nSPS) is 12.5. The van der Waals surface area contributed by atoms with E-state index < -0.39 is 0 Å². The van der Waals surface area contributed by atoms with Crippen molar-refractivity contribution in [1.29, 1.82) is 0 Å². The molecule has 100 valence electrons. The van der Waals surface area contributed by atoms with Gasteiger partial charge in [-0.15, -0.1) is 11.6 Å². The molecule has 0 amide bonds. The van der Waals surface area contributed by atoms with Crippen molar-refractivity contribution in [3.05, 3.63) is 66.3 Å². The zero-order chi connectivity index (χ0) is 14.2. The fraction of sp³-hybridized carbons (Fsp3) is 0.143. The Morgan fingerprint density at radius 1 is 1.00 bits per heavy atom. The molecule has 0 spiro atoms. The van der Waals surface area contributed by atoms with Crippen LogP contribution in [0.15, 0.2) is 43.7 Å². The number of hydrogen-bond donors (Lipinski definition) is 0. The van der Waals surface area contributed by atoms with Crippen molar-refractivity contribution in [3.8, 4) is 0 Å². The Morgan fingerprint density at radius 2 is 1.68 bits per heavy atom. The van der Waals surface area contributed by atoms with Crippen LogP contribution in [0.2, 0.25) is 0 Å². The van der Waals surface area contributed by atoms with Crippen molar-refractivity contribution in [2.45, 2.75) is 12.3 Å². The summed E-state index contributed by atoms with van der Waals surface area (Å²) in [7, 11) is 0. The summed E-state index contributed by atoms with van der Waals surface area (Å²) in [6, 6.07) is 8.79. The molecule has 0 N–H and O–H groups in total. The Labute approximate surface area is 141 Å². The second-order valence-corrected chi connectivity index (χ2v) is 7.16. The highest BCUT2D eigenvalue weighted by Gasteiger charge is 2.16. The molecule has 0 aliphatic carbocycles. The average Bonchev–Trinajstić information content (AvgIpc) is 2.36. The molecule has 2 rings (SSSR count). The highest BCUT2D eigenvalue weighted by molar-refractivity contribution is 9.11. The van der Waals surface area contributed by atoms with E-state index in [0.29, 0.717) is 4.47 Å². The molecular formula is C14H9Br3ClF. The molecule has 0 saturated carbocycles. The smallest absolute Gasteiger partial charge is 0.137 e. The van der Waals surface area contributed by atoms with Gasteiger partial charge in [0.05, 0.1) is 9.85 Å². The Kier molecular flexibility index (Phi) is 5.09. The molecule has 1 unspecified atom stereocenters. The number of benzene rings is 2. The third-order valence-electron chi connectivity index (χ3n) is 2.79. The van der Waals surface area contributed by atoms with Gasteiger partial charge in [-0.1, -0.05) is 37.9 Å². The van der Waals surface area contributed by atoms with Crippen LogP contribution in [0.4, 0.5) is 4.39 Å². The molecule has 1 atom stereocenters. The first-order valence-corrected chi connectivity index (χ1v) is 8.26. The predicted molar refractivity (Wildman–Crippen MR) is 88.4 cm³/mol. The molecule has 0 bridgehead atoms. The zero-order valence-electron chi connectivity index (χ0n) is 9.85. The highest BCUT2D eigenvalue weighted by Crippen LogP contribution is 2.37. The molecule has 0 aliphatic rings. The van der Waals surface area contributed by atoms with Crippen molar-refractivity contribution in [2.75, 3.05) is 0 Å². The third kappa shape index (κ3) is 3.41. The molecule has 0 aromatic heterocycles. The topological polar surface area (TPSA) is 0 Å². The summed E-state index contributed by atoms with van der Waals surface area (Å²) in [6.45, 7) is 2.01. The minimum absolute atomic E-state index is 0.295. The Hall–Kier alpha value is 0.1000. The van der Waals surface area contributed by atoms with E-state index >= 15 is 0 Å². The second-order valence-electron chi connectivity index (χ2n) is 4.16. The first-order chi connectivity index (χ1) is 8.90. The highest BCUT2D eigenvalue weighted by atomic mass is 79.9. The van der Waals surface area contributed by atoms with Crippen LogP contribution in [-0.2, 0) is 0 Å². The molecule has 0 saturated heterocycles. The Balaban J connectivity index is 2.46. The van der Waals surface area contributed by atoms with Crippen molar-refractivity contribution in [1.82, 2.24) is 0 Å². The van der Waals surface area contributed by atoms with E-state index in [1.165, 1.54) is 6.07 Å². The van der Waals surface area contributed by atoms with E-state index in [1.54, 1.807) is 12.1 Å². The fourth-order valence-electron chi connectivity index (χ4n) is 1.71. The number of aryl methyl sites for hydroxylation is 1. The van der Waals surface area contributed by atoms with Gasteiger partial charge in [0.2, 0.25) is 0 Å². The summed E-state index contributed by atoms with van der Waals surface area (Å²) in [5.41, 5.74) is 2.91. The summed E-state index contributed by atoms with van der Waals surface area (Å²) in [6.07, 6.45) is 0. The molecule has 0 aliphatic heterocycles. The zero-order valence-corrected chi connectivity index (χ0v) is 15.4. The first-order valence-electron chi connectivity index (χ1n) is 5.44. The van der Waals surface area contributed by atoms with Crippen molar-refractivity contribution >= 4 is 59.4 Å². The maximum Gasteiger partial charge on any atom is 0.137 e. The summed E-state index contributed by atoms with van der Waals surface area (Å²) >= 11 is 16.7. The van der Waals surface area contributed by atoms with Gasteiger partial charge in [0.25, 0.3) is 0 Å². The van der Waals surface area contributed by atoms with Crippen molar-refractivity contribution in [2.24, 2.45) is 0 Å². The molecule has 19 heavy (non-hydrogen) atoms. The number of halogens is 5. The van der Waals surface area contributed by atoms with Gasteiger partial charge in [-0.25, -0.2) is 4.39 Å². The van der Waals surface area contributed by atoms with Crippen LogP contribution in [-0.4, -0.2) is 0 Å².